The zero-order valence-corrected chi connectivity index (χ0v) is 16.0. The van der Waals surface area contributed by atoms with Crippen LogP contribution >= 0.6 is 0 Å². The fourth-order valence-corrected chi connectivity index (χ4v) is 3.99. The highest BCUT2D eigenvalue weighted by molar-refractivity contribution is 5.96. The smallest absolute Gasteiger partial charge is 0.253 e. The van der Waals surface area contributed by atoms with Gasteiger partial charge in [0.2, 0.25) is 0 Å². The molecule has 1 aromatic heterocycles. The summed E-state index contributed by atoms with van der Waals surface area (Å²) in [6.07, 6.45) is 2.96. The van der Waals surface area contributed by atoms with Crippen molar-refractivity contribution in [3.8, 4) is 0 Å². The van der Waals surface area contributed by atoms with Gasteiger partial charge in [0.25, 0.3) is 5.91 Å². The van der Waals surface area contributed by atoms with Gasteiger partial charge in [-0.2, -0.15) is 0 Å². The Morgan fingerprint density at radius 1 is 1.00 bits per heavy atom. The Balaban J connectivity index is 1.32. The lowest BCUT2D eigenvalue weighted by Crippen LogP contribution is -2.47. The van der Waals surface area contributed by atoms with Crippen molar-refractivity contribution >= 4 is 28.3 Å². The van der Waals surface area contributed by atoms with E-state index in [2.05, 4.69) is 15.3 Å². The number of likely N-dealkylation sites (tertiary alicyclic amines) is 1. The number of nitrogens with zero attached hydrogens (tertiary/aromatic N) is 3. The summed E-state index contributed by atoms with van der Waals surface area (Å²) in [4.78, 5) is 23.5. The molecule has 3 heterocycles. The molecule has 0 bridgehead atoms. The van der Waals surface area contributed by atoms with Crippen LogP contribution in [0.4, 0.5) is 11.5 Å². The Kier molecular flexibility index (Phi) is 4.61. The molecular formula is C22H22N4O3. The van der Waals surface area contributed by atoms with E-state index in [0.717, 1.165) is 22.4 Å². The summed E-state index contributed by atoms with van der Waals surface area (Å²) in [7, 11) is 0. The predicted octanol–water partition coefficient (Wildman–Crippen LogP) is 3.35. The molecule has 0 saturated carbocycles. The third-order valence-electron chi connectivity index (χ3n) is 5.54. The topological polar surface area (TPSA) is 76.6 Å². The number of hydrogen-bond donors (Lipinski definition) is 1. The molecule has 148 valence electrons. The first-order valence-corrected chi connectivity index (χ1v) is 9.87. The van der Waals surface area contributed by atoms with Crippen molar-refractivity contribution in [3.05, 3.63) is 60.4 Å². The molecule has 0 unspecified atom stereocenters. The normalized spacial score (nSPS) is 18.3. The lowest BCUT2D eigenvalue weighted by atomic mass is 10.0. The van der Waals surface area contributed by atoms with Gasteiger partial charge < -0.3 is 19.7 Å². The molecule has 29 heavy (non-hydrogen) atoms. The fraction of sp³-hybridized carbons (Fsp3) is 0.318. The SMILES string of the molecule is O=C(c1cccc(Nc2ncnc3ccccc23)c1)N1CCC2(CC1)OCCO2. The van der Waals surface area contributed by atoms with Crippen molar-refractivity contribution in [1.82, 2.24) is 14.9 Å². The van der Waals surface area contributed by atoms with E-state index in [1.165, 1.54) is 6.33 Å². The van der Waals surface area contributed by atoms with Gasteiger partial charge in [-0.05, 0) is 30.3 Å². The van der Waals surface area contributed by atoms with Gasteiger partial charge in [-0.1, -0.05) is 18.2 Å². The summed E-state index contributed by atoms with van der Waals surface area (Å²) < 4.78 is 11.5. The predicted molar refractivity (Wildman–Crippen MR) is 109 cm³/mol. The Morgan fingerprint density at radius 2 is 1.79 bits per heavy atom. The molecule has 1 N–H and O–H groups in total. The minimum atomic E-state index is -0.478. The van der Waals surface area contributed by atoms with Crippen LogP contribution in [0.2, 0.25) is 0 Å². The average molecular weight is 390 g/mol. The van der Waals surface area contributed by atoms with Crippen LogP contribution in [0.1, 0.15) is 23.2 Å². The first-order valence-electron chi connectivity index (χ1n) is 9.87. The third-order valence-corrected chi connectivity index (χ3v) is 5.54. The zero-order chi connectivity index (χ0) is 19.7. The molecule has 5 rings (SSSR count). The first kappa shape index (κ1) is 18.0. The molecule has 2 aliphatic rings. The van der Waals surface area contributed by atoms with Crippen LogP contribution in [0, 0.1) is 0 Å². The van der Waals surface area contributed by atoms with E-state index >= 15 is 0 Å². The average Bonchev–Trinajstić information content (AvgIpc) is 3.22. The van der Waals surface area contributed by atoms with E-state index in [0.29, 0.717) is 44.7 Å². The summed E-state index contributed by atoms with van der Waals surface area (Å²) >= 11 is 0. The number of piperidine rings is 1. The van der Waals surface area contributed by atoms with E-state index in [1.54, 1.807) is 0 Å². The van der Waals surface area contributed by atoms with E-state index in [-0.39, 0.29) is 5.91 Å². The molecule has 2 saturated heterocycles. The Labute approximate surface area is 168 Å². The van der Waals surface area contributed by atoms with Crippen LogP contribution in [0.15, 0.2) is 54.9 Å². The number of aromatic nitrogens is 2. The molecule has 0 aliphatic carbocycles. The number of fused-ring (bicyclic) bond motifs is 1. The molecule has 3 aromatic rings. The van der Waals surface area contributed by atoms with Crippen LogP contribution in [-0.2, 0) is 9.47 Å². The molecule has 7 nitrogen and oxygen atoms in total. The second-order valence-corrected chi connectivity index (χ2v) is 7.35. The molecule has 2 aliphatic heterocycles. The lowest BCUT2D eigenvalue weighted by molar-refractivity contribution is -0.181. The molecule has 7 heteroatoms. The van der Waals surface area contributed by atoms with Crippen molar-refractivity contribution in [2.45, 2.75) is 18.6 Å². The summed E-state index contributed by atoms with van der Waals surface area (Å²) in [5, 5.41) is 4.26. The van der Waals surface area contributed by atoms with Crippen LogP contribution < -0.4 is 5.32 Å². The summed E-state index contributed by atoms with van der Waals surface area (Å²) in [5.41, 5.74) is 2.34. The van der Waals surface area contributed by atoms with Crippen molar-refractivity contribution in [2.24, 2.45) is 0 Å². The molecule has 2 aromatic carbocycles. The third kappa shape index (κ3) is 3.54. The Morgan fingerprint density at radius 3 is 2.62 bits per heavy atom. The number of ether oxygens (including phenoxy) is 2. The van der Waals surface area contributed by atoms with Gasteiger partial charge in [-0.25, -0.2) is 9.97 Å². The van der Waals surface area contributed by atoms with Gasteiger partial charge in [0.15, 0.2) is 5.79 Å². The highest BCUT2D eigenvalue weighted by atomic mass is 16.7. The second-order valence-electron chi connectivity index (χ2n) is 7.35. The van der Waals surface area contributed by atoms with Gasteiger partial charge in [0.05, 0.1) is 18.7 Å². The fourth-order valence-electron chi connectivity index (χ4n) is 3.99. The maximum atomic E-state index is 13.0. The van der Waals surface area contributed by atoms with Gasteiger partial charge in [-0.15, -0.1) is 0 Å². The number of para-hydroxylation sites is 1. The quantitative estimate of drug-likeness (QED) is 0.739. The number of nitrogens with one attached hydrogen (secondary N) is 1. The van der Waals surface area contributed by atoms with Crippen LogP contribution in [0.25, 0.3) is 10.9 Å². The number of anilines is 2. The van der Waals surface area contributed by atoms with Crippen molar-refractivity contribution in [3.63, 3.8) is 0 Å². The Bertz CT molecular complexity index is 1030. The van der Waals surface area contributed by atoms with Gasteiger partial charge in [0.1, 0.15) is 12.1 Å². The summed E-state index contributed by atoms with van der Waals surface area (Å²) in [6.45, 7) is 2.54. The van der Waals surface area contributed by atoms with Crippen LogP contribution in [0.3, 0.4) is 0 Å². The van der Waals surface area contributed by atoms with Gasteiger partial charge >= 0.3 is 0 Å². The molecule has 1 amide bonds. The van der Waals surface area contributed by atoms with Crippen molar-refractivity contribution in [2.75, 3.05) is 31.6 Å². The minimum absolute atomic E-state index is 0.0223. The van der Waals surface area contributed by atoms with Crippen molar-refractivity contribution in [1.29, 1.82) is 0 Å². The molecule has 0 radical (unpaired) electrons. The minimum Gasteiger partial charge on any atom is -0.347 e. The summed E-state index contributed by atoms with van der Waals surface area (Å²) in [5.74, 6) is 0.263. The second kappa shape index (κ2) is 7.42. The van der Waals surface area contributed by atoms with E-state index in [4.69, 9.17) is 9.47 Å². The first-order chi connectivity index (χ1) is 14.2. The largest absolute Gasteiger partial charge is 0.347 e. The maximum absolute atomic E-state index is 13.0. The number of benzene rings is 2. The Hall–Kier alpha value is -3.03. The number of carbonyl (C=O) groups is 1. The summed E-state index contributed by atoms with van der Waals surface area (Å²) in [6, 6.07) is 15.4. The van der Waals surface area contributed by atoms with E-state index in [9.17, 15) is 4.79 Å². The maximum Gasteiger partial charge on any atom is 0.253 e. The highest BCUT2D eigenvalue weighted by Crippen LogP contribution is 2.32. The van der Waals surface area contributed by atoms with Gasteiger partial charge in [0, 0.05) is 42.6 Å². The lowest BCUT2D eigenvalue weighted by Gasteiger charge is -2.37. The number of amides is 1. The standard InChI is InChI=1S/C22H22N4O3/c27-21(26-10-8-22(9-11-26)28-12-13-29-22)16-4-3-5-17(14-16)25-20-18-6-1-2-7-19(18)23-15-24-20/h1-7,14-15H,8-13H2,(H,23,24,25). The van der Waals surface area contributed by atoms with Gasteiger partial charge in [-0.3, -0.25) is 4.79 Å². The van der Waals surface area contributed by atoms with Crippen LogP contribution in [0.5, 0.6) is 0 Å². The highest BCUT2D eigenvalue weighted by Gasteiger charge is 2.40. The number of rotatable bonds is 3. The zero-order valence-electron chi connectivity index (χ0n) is 16.0. The molecular weight excluding hydrogens is 368 g/mol. The molecule has 1 spiro atoms. The van der Waals surface area contributed by atoms with Crippen molar-refractivity contribution < 1.29 is 14.3 Å². The molecule has 2 fully saturated rings. The number of carbonyl (C=O) groups excluding carboxylic acids is 1. The monoisotopic (exact) mass is 390 g/mol. The molecule has 0 atom stereocenters. The number of hydrogen-bond acceptors (Lipinski definition) is 6. The van der Waals surface area contributed by atoms with E-state index in [1.807, 2.05) is 53.4 Å². The van der Waals surface area contributed by atoms with Crippen LogP contribution in [-0.4, -0.2) is 52.9 Å². The van der Waals surface area contributed by atoms with E-state index < -0.39 is 5.79 Å².